The molecule has 4 aliphatic rings. The van der Waals surface area contributed by atoms with E-state index in [-0.39, 0.29) is 10.8 Å². The van der Waals surface area contributed by atoms with Crippen LogP contribution in [0.15, 0.2) is 11.1 Å². The van der Waals surface area contributed by atoms with Gasteiger partial charge in [0.2, 0.25) is 0 Å². The van der Waals surface area contributed by atoms with Crippen LogP contribution in [0.3, 0.4) is 0 Å². The second-order valence-electron chi connectivity index (χ2n) is 14.0. The third-order valence-corrected chi connectivity index (χ3v) is 11.5. The third kappa shape index (κ3) is 3.42. The minimum absolute atomic E-state index is 0.101. The summed E-state index contributed by atoms with van der Waals surface area (Å²) in [6, 6.07) is 0. The Labute approximate surface area is 193 Å². The molecule has 0 aromatic rings. The molecule has 4 aliphatic carbocycles. The molecule has 2 fully saturated rings. The lowest BCUT2D eigenvalue weighted by molar-refractivity contribution is -0.126. The van der Waals surface area contributed by atoms with Gasteiger partial charge in [0.1, 0.15) is 0 Å². The van der Waals surface area contributed by atoms with Crippen molar-refractivity contribution in [1.82, 2.24) is 0 Å². The van der Waals surface area contributed by atoms with Crippen molar-refractivity contribution in [2.45, 2.75) is 126 Å². The maximum absolute atomic E-state index is 13.9. The molecule has 0 radical (unpaired) electrons. The summed E-state index contributed by atoms with van der Waals surface area (Å²) >= 11 is 0. The Balaban J connectivity index is 1.67. The number of rotatable bonds is 5. The van der Waals surface area contributed by atoms with E-state index in [2.05, 4.69) is 55.4 Å². The van der Waals surface area contributed by atoms with Crippen molar-refractivity contribution in [2.75, 3.05) is 0 Å². The van der Waals surface area contributed by atoms with E-state index < -0.39 is 0 Å². The van der Waals surface area contributed by atoms with Gasteiger partial charge in [-0.05, 0) is 78.4 Å². The second-order valence-corrected chi connectivity index (χ2v) is 14.0. The number of hydrogen-bond acceptors (Lipinski definition) is 1. The highest BCUT2D eigenvalue weighted by atomic mass is 16.1. The Bertz CT molecular complexity index is 756. The summed E-state index contributed by atoms with van der Waals surface area (Å²) in [5.74, 6) is 3.45. The normalized spacial score (nSPS) is 42.9. The van der Waals surface area contributed by atoms with Crippen molar-refractivity contribution < 1.29 is 4.79 Å². The molecule has 31 heavy (non-hydrogen) atoms. The number of Topliss-reactive ketones (excluding diaryl/α,β-unsaturated/α-hetero) is 1. The number of carbonyl (C=O) groups is 1. The van der Waals surface area contributed by atoms with Crippen LogP contribution >= 0.6 is 0 Å². The van der Waals surface area contributed by atoms with Gasteiger partial charge in [0.15, 0.2) is 5.78 Å². The minimum atomic E-state index is 0.101. The van der Waals surface area contributed by atoms with Gasteiger partial charge >= 0.3 is 0 Å². The number of ketones is 1. The lowest BCUT2D eigenvalue weighted by atomic mass is 9.43. The summed E-state index contributed by atoms with van der Waals surface area (Å²) in [5.41, 5.74) is 3.92. The summed E-state index contributed by atoms with van der Waals surface area (Å²) in [5, 5.41) is 0. The van der Waals surface area contributed by atoms with Gasteiger partial charge in [-0.3, -0.25) is 4.79 Å². The van der Waals surface area contributed by atoms with Crippen LogP contribution in [0.5, 0.6) is 0 Å². The summed E-state index contributed by atoms with van der Waals surface area (Å²) in [6.07, 6.45) is 13.9. The molecule has 0 heterocycles. The van der Waals surface area contributed by atoms with Crippen molar-refractivity contribution in [3.05, 3.63) is 11.1 Å². The topological polar surface area (TPSA) is 17.1 Å². The Morgan fingerprint density at radius 3 is 2.32 bits per heavy atom. The van der Waals surface area contributed by atoms with Crippen LogP contribution < -0.4 is 0 Å². The number of fused-ring (bicyclic) bond motifs is 4. The maximum atomic E-state index is 13.9. The monoisotopic (exact) mass is 426 g/mol. The molecule has 0 aromatic carbocycles. The highest BCUT2D eigenvalue weighted by molar-refractivity contribution is 5.99. The number of carbonyl (C=O) groups excluding carboxylic acids is 1. The average molecular weight is 427 g/mol. The lowest BCUT2D eigenvalue weighted by Crippen LogP contribution is -2.54. The first-order chi connectivity index (χ1) is 14.4. The summed E-state index contributed by atoms with van der Waals surface area (Å²) in [4.78, 5) is 13.9. The summed E-state index contributed by atoms with van der Waals surface area (Å²) in [7, 11) is 0. The molecule has 6 atom stereocenters. The van der Waals surface area contributed by atoms with E-state index in [9.17, 15) is 4.79 Å². The molecular weight excluding hydrogens is 376 g/mol. The van der Waals surface area contributed by atoms with Crippen LogP contribution in [-0.2, 0) is 4.79 Å². The first-order valence-electron chi connectivity index (χ1n) is 13.6. The van der Waals surface area contributed by atoms with Crippen molar-refractivity contribution in [3.63, 3.8) is 0 Å². The zero-order valence-corrected chi connectivity index (χ0v) is 22.0. The number of allylic oxidation sites excluding steroid dienone is 2. The minimum Gasteiger partial charge on any atom is -0.295 e. The van der Waals surface area contributed by atoms with Gasteiger partial charge in [0.25, 0.3) is 0 Å². The van der Waals surface area contributed by atoms with Crippen molar-refractivity contribution in [2.24, 2.45) is 45.3 Å². The van der Waals surface area contributed by atoms with E-state index in [1.54, 1.807) is 5.57 Å². The Morgan fingerprint density at radius 2 is 1.65 bits per heavy atom. The molecule has 1 heteroatoms. The van der Waals surface area contributed by atoms with Crippen LogP contribution in [-0.4, -0.2) is 5.78 Å². The predicted octanol–water partition coefficient (Wildman–Crippen LogP) is 8.77. The average Bonchev–Trinajstić information content (AvgIpc) is 2.94. The van der Waals surface area contributed by atoms with Gasteiger partial charge in [0.05, 0.1) is 0 Å². The van der Waals surface area contributed by atoms with E-state index in [1.807, 2.05) is 0 Å². The zero-order valence-electron chi connectivity index (χ0n) is 22.0. The largest absolute Gasteiger partial charge is 0.295 e. The quantitative estimate of drug-likeness (QED) is 0.429. The van der Waals surface area contributed by atoms with Gasteiger partial charge in [-0.2, -0.15) is 0 Å². The molecule has 0 aliphatic heterocycles. The predicted molar refractivity (Wildman–Crippen MR) is 132 cm³/mol. The van der Waals surface area contributed by atoms with Crippen LogP contribution in [0.1, 0.15) is 126 Å². The van der Waals surface area contributed by atoms with E-state index >= 15 is 0 Å². The highest BCUT2D eigenvalue weighted by Crippen LogP contribution is 2.71. The van der Waals surface area contributed by atoms with Gasteiger partial charge in [-0.15, -0.1) is 0 Å². The molecule has 0 aromatic heterocycles. The van der Waals surface area contributed by atoms with Crippen LogP contribution in [0.25, 0.3) is 0 Å². The molecule has 0 saturated heterocycles. The first-order valence-corrected chi connectivity index (χ1v) is 13.6. The Hall–Kier alpha value is -0.590. The van der Waals surface area contributed by atoms with E-state index in [4.69, 9.17) is 0 Å². The fraction of sp³-hybridized carbons (Fsp3) is 0.900. The first kappa shape index (κ1) is 23.6. The summed E-state index contributed by atoms with van der Waals surface area (Å²) in [6.45, 7) is 19.7. The van der Waals surface area contributed by atoms with E-state index in [0.717, 1.165) is 24.2 Å². The molecule has 0 amide bonds. The fourth-order valence-electron chi connectivity index (χ4n) is 9.45. The molecule has 4 rings (SSSR count). The van der Waals surface area contributed by atoms with E-state index in [0.29, 0.717) is 22.5 Å². The van der Waals surface area contributed by atoms with Gasteiger partial charge in [-0.1, -0.05) is 86.6 Å². The fourth-order valence-corrected chi connectivity index (χ4v) is 9.45. The Kier molecular flexibility index (Phi) is 5.88. The SMILES string of the molecule is CC(C)CCCC(C)C1CCC2(C)C3=C(CCC12C)C1(C)CCCC(C)(C)C1CC3=O. The smallest absolute Gasteiger partial charge is 0.159 e. The molecule has 0 bridgehead atoms. The molecule has 176 valence electrons. The standard InChI is InChI=1S/C30H50O/c1-20(2)11-9-12-21(3)22-13-18-30(8)26-23(14-17-29(22,30)7)28(6)16-10-15-27(4,5)25(28)19-24(26)31/h20-22,25H,9-19H2,1-8H3. The zero-order chi connectivity index (χ0) is 22.8. The molecular formula is C30H50O. The molecule has 0 N–H and O–H groups in total. The van der Waals surface area contributed by atoms with Crippen LogP contribution in [0.4, 0.5) is 0 Å². The maximum Gasteiger partial charge on any atom is 0.159 e. The van der Waals surface area contributed by atoms with Crippen molar-refractivity contribution >= 4 is 5.78 Å². The van der Waals surface area contributed by atoms with Gasteiger partial charge in [-0.25, -0.2) is 0 Å². The molecule has 6 unspecified atom stereocenters. The van der Waals surface area contributed by atoms with Gasteiger partial charge < -0.3 is 0 Å². The van der Waals surface area contributed by atoms with E-state index in [1.165, 1.54) is 69.8 Å². The van der Waals surface area contributed by atoms with Gasteiger partial charge in [0, 0.05) is 17.4 Å². The molecule has 2 saturated carbocycles. The highest BCUT2D eigenvalue weighted by Gasteiger charge is 2.64. The molecule has 0 spiro atoms. The third-order valence-electron chi connectivity index (χ3n) is 11.5. The lowest BCUT2D eigenvalue weighted by Gasteiger charge is -2.60. The molecule has 1 nitrogen and oxygen atoms in total. The number of hydrogen-bond donors (Lipinski definition) is 0. The second kappa shape index (κ2) is 7.73. The van der Waals surface area contributed by atoms with Crippen LogP contribution in [0, 0.1) is 45.3 Å². The van der Waals surface area contributed by atoms with Crippen molar-refractivity contribution in [1.29, 1.82) is 0 Å². The summed E-state index contributed by atoms with van der Waals surface area (Å²) < 4.78 is 0. The Morgan fingerprint density at radius 1 is 0.935 bits per heavy atom. The van der Waals surface area contributed by atoms with Crippen LogP contribution in [0.2, 0.25) is 0 Å². The van der Waals surface area contributed by atoms with Crippen molar-refractivity contribution in [3.8, 4) is 0 Å².